The Labute approximate surface area is 131 Å². The topological polar surface area (TPSA) is 56.8 Å². The molecular formula is C17H23NO4. The van der Waals surface area contributed by atoms with Crippen molar-refractivity contribution in [2.24, 2.45) is 0 Å². The molecule has 0 saturated carbocycles. The summed E-state index contributed by atoms with van der Waals surface area (Å²) in [6, 6.07) is 9.52. The lowest BCUT2D eigenvalue weighted by atomic mass is 10.1. The molecular weight excluding hydrogens is 282 g/mol. The minimum absolute atomic E-state index is 0.0346. The number of ketones is 1. The molecule has 1 aromatic rings. The smallest absolute Gasteiger partial charge is 0.321 e. The Hall–Kier alpha value is -1.85. The van der Waals surface area contributed by atoms with Gasteiger partial charge in [-0.15, -0.1) is 0 Å². The summed E-state index contributed by atoms with van der Waals surface area (Å²) in [6.45, 7) is 5.64. The van der Waals surface area contributed by atoms with Gasteiger partial charge in [0.25, 0.3) is 0 Å². The second kappa shape index (κ2) is 6.94. The number of allylic oxidation sites excluding steroid dienone is 2. The molecule has 120 valence electrons. The first-order valence-electron chi connectivity index (χ1n) is 7.43. The van der Waals surface area contributed by atoms with Gasteiger partial charge in [0, 0.05) is 19.6 Å². The van der Waals surface area contributed by atoms with Crippen LogP contribution in [0.2, 0.25) is 0 Å². The van der Waals surface area contributed by atoms with Gasteiger partial charge in [0.2, 0.25) is 0 Å². The van der Waals surface area contributed by atoms with E-state index in [0.717, 1.165) is 12.0 Å². The Balaban J connectivity index is 2.26. The maximum Gasteiger partial charge on any atom is 0.321 e. The lowest BCUT2D eigenvalue weighted by Crippen LogP contribution is -2.44. The van der Waals surface area contributed by atoms with Crippen molar-refractivity contribution >= 4 is 5.78 Å². The summed E-state index contributed by atoms with van der Waals surface area (Å²) < 4.78 is 17.3. The van der Waals surface area contributed by atoms with Crippen molar-refractivity contribution in [3.63, 3.8) is 0 Å². The van der Waals surface area contributed by atoms with Crippen molar-refractivity contribution in [1.82, 2.24) is 5.32 Å². The van der Waals surface area contributed by atoms with Crippen molar-refractivity contribution in [2.75, 3.05) is 13.7 Å². The molecule has 1 aliphatic heterocycles. The number of benzene rings is 1. The van der Waals surface area contributed by atoms with Gasteiger partial charge in [-0.1, -0.05) is 37.3 Å². The maximum absolute atomic E-state index is 11.7. The third-order valence-electron chi connectivity index (χ3n) is 3.71. The molecule has 2 rings (SSSR count). The van der Waals surface area contributed by atoms with Crippen LogP contribution in [-0.4, -0.2) is 25.6 Å². The molecule has 1 aromatic carbocycles. The zero-order valence-electron chi connectivity index (χ0n) is 13.5. The van der Waals surface area contributed by atoms with Crippen molar-refractivity contribution in [3.05, 3.63) is 47.4 Å². The fraction of sp³-hybridized carbons (Fsp3) is 0.471. The fourth-order valence-corrected chi connectivity index (χ4v) is 2.38. The molecule has 2 unspecified atom stereocenters. The lowest BCUT2D eigenvalue weighted by molar-refractivity contribution is -0.238. The van der Waals surface area contributed by atoms with Crippen LogP contribution >= 0.6 is 0 Å². The highest BCUT2D eigenvalue weighted by atomic mass is 16.7. The first kappa shape index (κ1) is 16.5. The summed E-state index contributed by atoms with van der Waals surface area (Å²) in [5.41, 5.74) is 1.24. The summed E-state index contributed by atoms with van der Waals surface area (Å²) in [7, 11) is 1.65. The zero-order valence-corrected chi connectivity index (χ0v) is 13.5. The van der Waals surface area contributed by atoms with Crippen molar-refractivity contribution in [1.29, 1.82) is 0 Å². The molecule has 0 amide bonds. The number of methoxy groups -OCH3 is 1. The van der Waals surface area contributed by atoms with E-state index in [4.69, 9.17) is 14.2 Å². The number of ether oxygens (including phenoxy) is 3. The van der Waals surface area contributed by atoms with Gasteiger partial charge in [0.15, 0.2) is 5.78 Å². The van der Waals surface area contributed by atoms with Gasteiger partial charge < -0.3 is 19.5 Å². The Kier molecular flexibility index (Phi) is 5.21. The van der Waals surface area contributed by atoms with Crippen LogP contribution in [0.5, 0.6) is 0 Å². The number of hydrogen-bond donors (Lipinski definition) is 1. The Morgan fingerprint density at radius 2 is 2.05 bits per heavy atom. The Morgan fingerprint density at radius 1 is 1.36 bits per heavy atom. The maximum atomic E-state index is 11.7. The Morgan fingerprint density at radius 3 is 2.55 bits per heavy atom. The van der Waals surface area contributed by atoms with Crippen LogP contribution in [0.3, 0.4) is 0 Å². The van der Waals surface area contributed by atoms with Crippen LogP contribution in [0, 0.1) is 0 Å². The average Bonchev–Trinajstić information content (AvgIpc) is 2.88. The quantitative estimate of drug-likeness (QED) is 0.839. The third-order valence-corrected chi connectivity index (χ3v) is 3.71. The number of carbonyl (C=O) groups is 1. The molecule has 5 heteroatoms. The minimum atomic E-state index is -1.18. The molecule has 0 aromatic heterocycles. The van der Waals surface area contributed by atoms with Gasteiger partial charge in [0.05, 0.1) is 12.7 Å². The van der Waals surface area contributed by atoms with E-state index in [0.29, 0.717) is 18.1 Å². The van der Waals surface area contributed by atoms with E-state index in [9.17, 15) is 4.79 Å². The normalized spacial score (nSPS) is 22.2. The van der Waals surface area contributed by atoms with E-state index < -0.39 is 5.91 Å². The molecule has 1 heterocycles. The number of carbonyl (C=O) groups excluding carboxylic acids is 1. The molecule has 0 radical (unpaired) electrons. The number of rotatable bonds is 7. The highest BCUT2D eigenvalue weighted by molar-refractivity contribution is 5.93. The third kappa shape index (κ3) is 3.31. The van der Waals surface area contributed by atoms with Gasteiger partial charge in [0.1, 0.15) is 11.5 Å². The molecule has 0 saturated heterocycles. The lowest BCUT2D eigenvalue weighted by Gasteiger charge is -2.31. The first-order valence-corrected chi connectivity index (χ1v) is 7.43. The number of hydrogen-bond acceptors (Lipinski definition) is 5. The Bertz CT molecular complexity index is 551. The van der Waals surface area contributed by atoms with E-state index in [1.165, 1.54) is 6.92 Å². The van der Waals surface area contributed by atoms with Gasteiger partial charge in [-0.05, 0) is 13.3 Å². The molecule has 0 aliphatic carbocycles. The van der Waals surface area contributed by atoms with E-state index in [1.807, 2.05) is 37.3 Å². The second-order valence-corrected chi connectivity index (χ2v) is 5.27. The summed E-state index contributed by atoms with van der Waals surface area (Å²) in [5, 5.41) is 3.10. The predicted molar refractivity (Wildman–Crippen MR) is 82.8 cm³/mol. The molecule has 22 heavy (non-hydrogen) atoms. The van der Waals surface area contributed by atoms with Crippen LogP contribution in [0.4, 0.5) is 0 Å². The van der Waals surface area contributed by atoms with Crippen molar-refractivity contribution < 1.29 is 19.0 Å². The molecule has 1 N–H and O–H groups in total. The number of nitrogens with one attached hydrogen (secondary N) is 1. The van der Waals surface area contributed by atoms with Gasteiger partial charge >= 0.3 is 5.91 Å². The van der Waals surface area contributed by atoms with E-state index >= 15 is 0 Å². The first-order chi connectivity index (χ1) is 10.5. The van der Waals surface area contributed by atoms with Gasteiger partial charge in [-0.2, -0.15) is 0 Å². The van der Waals surface area contributed by atoms with Crippen LogP contribution in [0.25, 0.3) is 0 Å². The average molecular weight is 305 g/mol. The van der Waals surface area contributed by atoms with E-state index in [2.05, 4.69) is 5.32 Å². The highest BCUT2D eigenvalue weighted by Gasteiger charge is 2.43. The minimum Gasteiger partial charge on any atom is -0.443 e. The second-order valence-electron chi connectivity index (χ2n) is 5.27. The molecule has 2 atom stereocenters. The van der Waals surface area contributed by atoms with Crippen LogP contribution in [-0.2, 0) is 24.9 Å². The highest BCUT2D eigenvalue weighted by Crippen LogP contribution is 2.34. The summed E-state index contributed by atoms with van der Waals surface area (Å²) in [4.78, 5) is 11.7. The monoisotopic (exact) mass is 305 g/mol. The standard InChI is InChI=1S/C17H23NO4/c1-5-15(20-4)11-21-17(14-9-7-6-8-10-14)18-16(12(2)19)13(3)22-17/h6-10,15,18H,5,11H2,1-4H3. The largest absolute Gasteiger partial charge is 0.443 e. The summed E-state index contributed by atoms with van der Waals surface area (Å²) in [6.07, 6.45) is 0.792. The van der Waals surface area contributed by atoms with E-state index in [1.54, 1.807) is 14.0 Å². The zero-order chi connectivity index (χ0) is 16.2. The van der Waals surface area contributed by atoms with Crippen LogP contribution < -0.4 is 5.32 Å². The molecule has 0 bridgehead atoms. The number of Topliss-reactive ketones (excluding diaryl/α,β-unsaturated/α-hetero) is 1. The van der Waals surface area contributed by atoms with Gasteiger partial charge in [-0.3, -0.25) is 4.79 Å². The molecule has 0 spiro atoms. The molecule has 1 aliphatic rings. The molecule has 0 fully saturated rings. The predicted octanol–water partition coefficient (Wildman–Crippen LogP) is 2.68. The van der Waals surface area contributed by atoms with Crippen LogP contribution in [0.1, 0.15) is 32.8 Å². The summed E-state index contributed by atoms with van der Waals surface area (Å²) in [5.74, 6) is -0.738. The van der Waals surface area contributed by atoms with Crippen molar-refractivity contribution in [3.8, 4) is 0 Å². The fourth-order valence-electron chi connectivity index (χ4n) is 2.38. The molecule has 5 nitrogen and oxygen atoms in total. The summed E-state index contributed by atoms with van der Waals surface area (Å²) >= 11 is 0. The van der Waals surface area contributed by atoms with Crippen molar-refractivity contribution in [2.45, 2.75) is 39.2 Å². The van der Waals surface area contributed by atoms with Crippen LogP contribution in [0.15, 0.2) is 41.8 Å². The van der Waals surface area contributed by atoms with Gasteiger partial charge in [-0.25, -0.2) is 0 Å². The van der Waals surface area contributed by atoms with E-state index in [-0.39, 0.29) is 11.9 Å². The SMILES string of the molecule is CCC(COC1(c2ccccc2)NC(C(C)=O)=C(C)O1)OC.